The SMILES string of the molecule is C#C[C@@](C)(CC)OC[C@@H](O)CS(=O)(=O)O. The molecule has 0 fully saturated rings. The van der Waals surface area contributed by atoms with E-state index in [1.54, 1.807) is 6.92 Å². The van der Waals surface area contributed by atoms with Crippen molar-refractivity contribution in [3.63, 3.8) is 0 Å². The summed E-state index contributed by atoms with van der Waals surface area (Å²) in [4.78, 5) is 0. The lowest BCUT2D eigenvalue weighted by Gasteiger charge is -2.23. The van der Waals surface area contributed by atoms with Crippen LogP contribution in [-0.2, 0) is 14.9 Å². The smallest absolute Gasteiger partial charge is 0.267 e. The molecule has 0 radical (unpaired) electrons. The molecule has 0 aliphatic carbocycles. The highest BCUT2D eigenvalue weighted by Gasteiger charge is 2.22. The van der Waals surface area contributed by atoms with Gasteiger partial charge in [0.1, 0.15) is 11.4 Å². The van der Waals surface area contributed by atoms with Gasteiger partial charge in [-0.05, 0) is 13.3 Å². The van der Waals surface area contributed by atoms with Crippen LogP contribution in [0.5, 0.6) is 0 Å². The highest BCUT2D eigenvalue weighted by atomic mass is 32.2. The molecule has 0 amide bonds. The zero-order valence-corrected chi connectivity index (χ0v) is 9.62. The average molecular weight is 236 g/mol. The van der Waals surface area contributed by atoms with Gasteiger partial charge in [-0.15, -0.1) is 6.42 Å². The number of aliphatic hydroxyl groups is 1. The van der Waals surface area contributed by atoms with Gasteiger partial charge in [0.25, 0.3) is 10.1 Å². The van der Waals surface area contributed by atoms with E-state index in [1.165, 1.54) is 0 Å². The van der Waals surface area contributed by atoms with Crippen molar-refractivity contribution in [3.05, 3.63) is 0 Å². The molecule has 0 aliphatic heterocycles. The Morgan fingerprint density at radius 1 is 1.60 bits per heavy atom. The molecule has 15 heavy (non-hydrogen) atoms. The normalized spacial score (nSPS) is 17.8. The number of ether oxygens (including phenoxy) is 1. The van der Waals surface area contributed by atoms with E-state index in [4.69, 9.17) is 15.7 Å². The van der Waals surface area contributed by atoms with Gasteiger partial charge in [-0.3, -0.25) is 4.55 Å². The second-order valence-corrected chi connectivity index (χ2v) is 4.94. The van der Waals surface area contributed by atoms with E-state index in [2.05, 4.69) is 5.92 Å². The van der Waals surface area contributed by atoms with Crippen molar-refractivity contribution in [2.24, 2.45) is 0 Å². The zero-order chi connectivity index (χ0) is 12.1. The average Bonchev–Trinajstić information content (AvgIpc) is 2.12. The first-order chi connectivity index (χ1) is 6.72. The maximum absolute atomic E-state index is 10.4. The predicted molar refractivity (Wildman–Crippen MR) is 55.9 cm³/mol. The quantitative estimate of drug-likeness (QED) is 0.503. The Hall–Kier alpha value is -0.610. The summed E-state index contributed by atoms with van der Waals surface area (Å²) in [5.41, 5.74) is -0.819. The Morgan fingerprint density at radius 3 is 2.47 bits per heavy atom. The highest BCUT2D eigenvalue weighted by molar-refractivity contribution is 7.85. The molecule has 0 bridgehead atoms. The van der Waals surface area contributed by atoms with Crippen LogP contribution in [0.4, 0.5) is 0 Å². The largest absolute Gasteiger partial charge is 0.390 e. The first kappa shape index (κ1) is 14.4. The first-order valence-electron chi connectivity index (χ1n) is 4.47. The van der Waals surface area contributed by atoms with E-state index in [0.717, 1.165) is 0 Å². The Bertz CT molecular complexity index is 329. The molecule has 6 heteroatoms. The highest BCUT2D eigenvalue weighted by Crippen LogP contribution is 2.13. The standard InChI is InChI=1S/C9H16O5S/c1-4-9(3,5-2)14-6-8(10)7-15(11,12)13/h1,8,10H,5-7H2,2-3H3,(H,11,12,13)/t8-,9+/m1/s1. The number of aliphatic hydroxyl groups excluding tert-OH is 1. The molecule has 0 aromatic rings. The Labute approximate surface area is 90.2 Å². The van der Waals surface area contributed by atoms with Crippen molar-refractivity contribution in [2.45, 2.75) is 32.0 Å². The predicted octanol–water partition coefficient (Wildman–Crippen LogP) is 0.0536. The fraction of sp³-hybridized carbons (Fsp3) is 0.778. The van der Waals surface area contributed by atoms with Crippen LogP contribution in [0.1, 0.15) is 20.3 Å². The van der Waals surface area contributed by atoms with Crippen molar-refractivity contribution in [3.8, 4) is 12.3 Å². The molecule has 0 saturated heterocycles. The molecule has 0 aliphatic rings. The zero-order valence-electron chi connectivity index (χ0n) is 8.80. The Morgan fingerprint density at radius 2 is 2.13 bits per heavy atom. The molecular weight excluding hydrogens is 220 g/mol. The van der Waals surface area contributed by atoms with Crippen LogP contribution >= 0.6 is 0 Å². The molecule has 0 rings (SSSR count). The van der Waals surface area contributed by atoms with Gasteiger partial charge in [0, 0.05) is 0 Å². The minimum atomic E-state index is -4.19. The summed E-state index contributed by atoms with van der Waals surface area (Å²) in [7, 11) is -4.19. The lowest BCUT2D eigenvalue weighted by molar-refractivity contribution is -0.0327. The van der Waals surface area contributed by atoms with Gasteiger partial charge in [0.05, 0.1) is 12.7 Å². The minimum absolute atomic E-state index is 0.228. The number of hydrogen-bond donors (Lipinski definition) is 2. The lowest BCUT2D eigenvalue weighted by atomic mass is 10.1. The van der Waals surface area contributed by atoms with E-state index in [-0.39, 0.29) is 6.61 Å². The summed E-state index contributed by atoms with van der Waals surface area (Å²) in [6, 6.07) is 0. The molecule has 5 nitrogen and oxygen atoms in total. The third-order valence-corrected chi connectivity index (χ3v) is 2.78. The van der Waals surface area contributed by atoms with Crippen molar-refractivity contribution in [1.82, 2.24) is 0 Å². The van der Waals surface area contributed by atoms with Crippen molar-refractivity contribution < 1.29 is 22.8 Å². The molecule has 0 heterocycles. The lowest BCUT2D eigenvalue weighted by Crippen LogP contribution is -2.33. The van der Waals surface area contributed by atoms with Crippen LogP contribution in [0.25, 0.3) is 0 Å². The molecule has 2 atom stereocenters. The maximum Gasteiger partial charge on any atom is 0.267 e. The van der Waals surface area contributed by atoms with Crippen molar-refractivity contribution in [1.29, 1.82) is 0 Å². The summed E-state index contributed by atoms with van der Waals surface area (Å²) >= 11 is 0. The third kappa shape index (κ3) is 6.47. The van der Waals surface area contributed by atoms with Crippen LogP contribution in [0.2, 0.25) is 0 Å². The van der Waals surface area contributed by atoms with Gasteiger partial charge in [-0.25, -0.2) is 0 Å². The van der Waals surface area contributed by atoms with Gasteiger partial charge < -0.3 is 9.84 Å². The molecule has 2 N–H and O–H groups in total. The van der Waals surface area contributed by atoms with E-state index in [0.29, 0.717) is 6.42 Å². The van der Waals surface area contributed by atoms with Gasteiger partial charge in [-0.2, -0.15) is 8.42 Å². The fourth-order valence-corrected chi connectivity index (χ4v) is 1.40. The van der Waals surface area contributed by atoms with Crippen LogP contribution < -0.4 is 0 Å². The van der Waals surface area contributed by atoms with Gasteiger partial charge in [0.2, 0.25) is 0 Å². The second kappa shape index (κ2) is 5.47. The number of terminal acetylenes is 1. The first-order valence-corrected chi connectivity index (χ1v) is 6.08. The Kier molecular flexibility index (Phi) is 5.24. The summed E-state index contributed by atoms with van der Waals surface area (Å²) in [5.74, 6) is 1.65. The summed E-state index contributed by atoms with van der Waals surface area (Å²) in [5, 5.41) is 9.21. The summed E-state index contributed by atoms with van der Waals surface area (Å²) in [6.45, 7) is 3.25. The molecule has 0 spiro atoms. The van der Waals surface area contributed by atoms with Crippen LogP contribution in [-0.4, -0.2) is 42.1 Å². The van der Waals surface area contributed by atoms with Crippen molar-refractivity contribution in [2.75, 3.05) is 12.4 Å². The molecule has 88 valence electrons. The minimum Gasteiger partial charge on any atom is -0.390 e. The van der Waals surface area contributed by atoms with Gasteiger partial charge in [0.15, 0.2) is 0 Å². The van der Waals surface area contributed by atoms with E-state index in [1.807, 2.05) is 6.92 Å². The molecular formula is C9H16O5S. The third-order valence-electron chi connectivity index (χ3n) is 1.98. The van der Waals surface area contributed by atoms with Crippen molar-refractivity contribution >= 4 is 10.1 Å². The molecule has 0 saturated carbocycles. The maximum atomic E-state index is 10.4. The summed E-state index contributed by atoms with van der Waals surface area (Å²) in [6.07, 6.45) is 4.47. The monoisotopic (exact) mass is 236 g/mol. The van der Waals surface area contributed by atoms with Crippen LogP contribution in [0.3, 0.4) is 0 Å². The second-order valence-electron chi connectivity index (χ2n) is 3.44. The number of rotatable bonds is 6. The topological polar surface area (TPSA) is 83.8 Å². The fourth-order valence-electron chi connectivity index (χ4n) is 0.817. The summed E-state index contributed by atoms with van der Waals surface area (Å²) < 4.78 is 34.4. The van der Waals surface area contributed by atoms with E-state index in [9.17, 15) is 13.5 Å². The van der Waals surface area contributed by atoms with E-state index < -0.39 is 27.6 Å². The van der Waals surface area contributed by atoms with Gasteiger partial charge >= 0.3 is 0 Å². The molecule has 0 unspecified atom stereocenters. The molecule has 0 aromatic heterocycles. The molecule has 0 aromatic carbocycles. The Balaban J connectivity index is 4.13. The van der Waals surface area contributed by atoms with Crippen LogP contribution in [0.15, 0.2) is 0 Å². The van der Waals surface area contributed by atoms with Crippen LogP contribution in [0, 0.1) is 12.3 Å². The van der Waals surface area contributed by atoms with Gasteiger partial charge in [-0.1, -0.05) is 12.8 Å². The van der Waals surface area contributed by atoms with E-state index >= 15 is 0 Å². The number of hydrogen-bond acceptors (Lipinski definition) is 4.